The van der Waals surface area contributed by atoms with Crippen LogP contribution in [0.1, 0.15) is 47.4 Å². The van der Waals surface area contributed by atoms with Gasteiger partial charge < -0.3 is 10.2 Å². The van der Waals surface area contributed by atoms with Crippen molar-refractivity contribution in [1.29, 1.82) is 0 Å². The predicted octanol–water partition coefficient (Wildman–Crippen LogP) is 7.68. The van der Waals surface area contributed by atoms with Gasteiger partial charge in [0.05, 0.1) is 5.69 Å². The average molecular weight is 532 g/mol. The van der Waals surface area contributed by atoms with Crippen molar-refractivity contribution >= 4 is 35.6 Å². The van der Waals surface area contributed by atoms with Gasteiger partial charge in [-0.2, -0.15) is 0 Å². The SMILES string of the molecule is Cl.Clc1ccccc1[C@H]1Cc2cnc(Nc3ccc(CCN4CCCCC4)cc3)nc2-c2ccccc21. The van der Waals surface area contributed by atoms with Gasteiger partial charge in [0.25, 0.3) is 0 Å². The van der Waals surface area contributed by atoms with Gasteiger partial charge in [0, 0.05) is 34.9 Å². The molecule has 1 aromatic heterocycles. The van der Waals surface area contributed by atoms with Gasteiger partial charge in [-0.25, -0.2) is 9.97 Å². The molecule has 3 aromatic carbocycles. The quantitative estimate of drug-likeness (QED) is 0.277. The number of fused-ring (bicyclic) bond motifs is 3. The molecule has 1 saturated heterocycles. The van der Waals surface area contributed by atoms with Crippen LogP contribution in [-0.2, 0) is 12.8 Å². The Balaban J connectivity index is 0.00000280. The van der Waals surface area contributed by atoms with E-state index in [1.54, 1.807) is 0 Å². The maximum atomic E-state index is 6.59. The van der Waals surface area contributed by atoms with Gasteiger partial charge in [-0.05, 0) is 79.2 Å². The molecular weight excluding hydrogens is 499 g/mol. The third-order valence-electron chi connectivity index (χ3n) is 7.54. The molecule has 2 aliphatic rings. The zero-order valence-corrected chi connectivity index (χ0v) is 22.4. The summed E-state index contributed by atoms with van der Waals surface area (Å²) >= 11 is 6.59. The summed E-state index contributed by atoms with van der Waals surface area (Å²) < 4.78 is 0. The first-order valence-corrected chi connectivity index (χ1v) is 13.4. The van der Waals surface area contributed by atoms with Gasteiger partial charge in [-0.3, -0.25) is 0 Å². The van der Waals surface area contributed by atoms with Crippen LogP contribution in [0.25, 0.3) is 11.3 Å². The highest BCUT2D eigenvalue weighted by atomic mass is 35.5. The summed E-state index contributed by atoms with van der Waals surface area (Å²) in [5.41, 5.74) is 8.11. The molecule has 0 spiro atoms. The van der Waals surface area contributed by atoms with Gasteiger partial charge in [-0.1, -0.05) is 72.6 Å². The molecule has 1 atom stereocenters. The van der Waals surface area contributed by atoms with Gasteiger partial charge in [0.2, 0.25) is 5.95 Å². The first kappa shape index (κ1) is 25.7. The van der Waals surface area contributed by atoms with Crippen molar-refractivity contribution in [3.05, 3.63) is 106 Å². The lowest BCUT2D eigenvalue weighted by atomic mass is 9.78. The van der Waals surface area contributed by atoms with E-state index in [0.717, 1.165) is 52.5 Å². The lowest BCUT2D eigenvalue weighted by Gasteiger charge is -2.28. The molecule has 190 valence electrons. The molecule has 1 N–H and O–H groups in total. The first-order chi connectivity index (χ1) is 17.7. The minimum absolute atomic E-state index is 0. The molecular formula is C31H32Cl2N4. The molecule has 0 unspecified atom stereocenters. The fraction of sp³-hybridized carbons (Fsp3) is 0.290. The first-order valence-electron chi connectivity index (χ1n) is 13.0. The topological polar surface area (TPSA) is 41.1 Å². The number of rotatable bonds is 6. The van der Waals surface area contributed by atoms with E-state index in [-0.39, 0.29) is 18.3 Å². The second-order valence-corrected chi connectivity index (χ2v) is 10.3. The van der Waals surface area contributed by atoms with E-state index in [0.29, 0.717) is 5.95 Å². The number of piperidine rings is 1. The number of benzene rings is 3. The zero-order valence-electron chi connectivity index (χ0n) is 20.9. The van der Waals surface area contributed by atoms with E-state index in [9.17, 15) is 0 Å². The summed E-state index contributed by atoms with van der Waals surface area (Å²) in [6, 6.07) is 25.4. The Hall–Kier alpha value is -2.92. The molecule has 0 saturated carbocycles. The molecule has 2 heterocycles. The third-order valence-corrected chi connectivity index (χ3v) is 7.88. The Labute approximate surface area is 230 Å². The molecule has 37 heavy (non-hydrogen) atoms. The van der Waals surface area contributed by atoms with Crippen LogP contribution >= 0.6 is 24.0 Å². The van der Waals surface area contributed by atoms with Crippen molar-refractivity contribution < 1.29 is 0 Å². The molecule has 0 bridgehead atoms. The highest BCUT2D eigenvalue weighted by Gasteiger charge is 2.28. The predicted molar refractivity (Wildman–Crippen MR) is 155 cm³/mol. The molecule has 4 aromatic rings. The molecule has 0 amide bonds. The minimum atomic E-state index is 0. The van der Waals surface area contributed by atoms with E-state index in [4.69, 9.17) is 16.6 Å². The number of nitrogens with one attached hydrogen (secondary N) is 1. The van der Waals surface area contributed by atoms with Crippen molar-refractivity contribution in [2.75, 3.05) is 25.0 Å². The van der Waals surface area contributed by atoms with Crippen molar-refractivity contribution in [3.63, 3.8) is 0 Å². The summed E-state index contributed by atoms with van der Waals surface area (Å²) in [5.74, 6) is 0.822. The summed E-state index contributed by atoms with van der Waals surface area (Å²) in [6.45, 7) is 3.64. The number of nitrogens with zero attached hydrogens (tertiary/aromatic N) is 3. The zero-order chi connectivity index (χ0) is 24.3. The molecule has 4 nitrogen and oxygen atoms in total. The summed E-state index contributed by atoms with van der Waals surface area (Å²) in [4.78, 5) is 12.2. The van der Waals surface area contributed by atoms with Crippen LogP contribution in [0.4, 0.5) is 11.6 Å². The monoisotopic (exact) mass is 530 g/mol. The van der Waals surface area contributed by atoms with Crippen LogP contribution in [0.2, 0.25) is 5.02 Å². The van der Waals surface area contributed by atoms with E-state index < -0.39 is 0 Å². The Morgan fingerprint density at radius 2 is 1.59 bits per heavy atom. The normalized spacial score (nSPS) is 16.8. The van der Waals surface area contributed by atoms with E-state index in [2.05, 4.69) is 75.9 Å². The van der Waals surface area contributed by atoms with Crippen LogP contribution in [0.3, 0.4) is 0 Å². The van der Waals surface area contributed by atoms with Crippen LogP contribution in [0, 0.1) is 0 Å². The second-order valence-electron chi connectivity index (χ2n) is 9.91. The summed E-state index contributed by atoms with van der Waals surface area (Å²) in [6.07, 6.45) is 7.97. The molecule has 1 fully saturated rings. The Morgan fingerprint density at radius 3 is 2.38 bits per heavy atom. The van der Waals surface area contributed by atoms with Crippen LogP contribution in [0.5, 0.6) is 0 Å². The van der Waals surface area contributed by atoms with E-state index in [1.807, 2.05) is 18.3 Å². The van der Waals surface area contributed by atoms with Crippen molar-refractivity contribution in [1.82, 2.24) is 14.9 Å². The largest absolute Gasteiger partial charge is 0.324 e. The maximum absolute atomic E-state index is 6.59. The molecule has 0 radical (unpaired) electrons. The number of hydrogen-bond acceptors (Lipinski definition) is 4. The number of aromatic nitrogens is 2. The van der Waals surface area contributed by atoms with Gasteiger partial charge in [0.15, 0.2) is 0 Å². The highest BCUT2D eigenvalue weighted by molar-refractivity contribution is 6.31. The second kappa shape index (κ2) is 11.6. The number of hydrogen-bond donors (Lipinski definition) is 1. The van der Waals surface area contributed by atoms with Gasteiger partial charge >= 0.3 is 0 Å². The van der Waals surface area contributed by atoms with Gasteiger partial charge in [0.1, 0.15) is 0 Å². The molecule has 6 rings (SSSR count). The fourth-order valence-corrected chi connectivity index (χ4v) is 5.85. The standard InChI is InChI=1S/C31H31ClN4.ClH/c32-29-11-5-4-9-26(29)28-20-23-21-33-31(35-30(23)27-10-3-2-8-25(27)28)34-24-14-12-22(13-15-24)16-19-36-17-6-1-7-18-36;/h2-5,8-15,21,28H,1,6-7,16-20H2,(H,33,34,35);1H/t28-;/m0./s1. The highest BCUT2D eigenvalue weighted by Crippen LogP contribution is 2.43. The lowest BCUT2D eigenvalue weighted by molar-refractivity contribution is 0.231. The minimum Gasteiger partial charge on any atom is -0.324 e. The summed E-state index contributed by atoms with van der Waals surface area (Å²) in [7, 11) is 0. The van der Waals surface area contributed by atoms with Crippen LogP contribution in [0.15, 0.2) is 79.0 Å². The summed E-state index contributed by atoms with van der Waals surface area (Å²) in [5, 5.41) is 4.22. The van der Waals surface area contributed by atoms with E-state index >= 15 is 0 Å². The smallest absolute Gasteiger partial charge is 0.227 e. The Bertz CT molecular complexity index is 1350. The van der Waals surface area contributed by atoms with Crippen molar-refractivity contribution in [2.24, 2.45) is 0 Å². The maximum Gasteiger partial charge on any atom is 0.227 e. The van der Waals surface area contributed by atoms with Crippen molar-refractivity contribution in [2.45, 2.75) is 38.0 Å². The van der Waals surface area contributed by atoms with Crippen molar-refractivity contribution in [3.8, 4) is 11.3 Å². The lowest BCUT2D eigenvalue weighted by Crippen LogP contribution is -2.31. The Kier molecular flexibility index (Phi) is 8.09. The number of halogens is 2. The van der Waals surface area contributed by atoms with Crippen LogP contribution < -0.4 is 5.32 Å². The number of anilines is 2. The Morgan fingerprint density at radius 1 is 0.865 bits per heavy atom. The average Bonchev–Trinajstić information content (AvgIpc) is 2.93. The molecule has 1 aliphatic heterocycles. The van der Waals surface area contributed by atoms with E-state index in [1.165, 1.54) is 43.5 Å². The number of likely N-dealkylation sites (tertiary alicyclic amines) is 1. The fourth-order valence-electron chi connectivity index (χ4n) is 5.59. The van der Waals surface area contributed by atoms with Crippen LogP contribution in [-0.4, -0.2) is 34.5 Å². The third kappa shape index (κ3) is 5.67. The molecule has 1 aliphatic carbocycles. The molecule has 6 heteroatoms. The van der Waals surface area contributed by atoms with Gasteiger partial charge in [-0.15, -0.1) is 12.4 Å².